The molecule has 1 unspecified atom stereocenters. The first-order valence-electron chi connectivity index (χ1n) is 15.7. The molecule has 0 rings (SSSR count). The van der Waals surface area contributed by atoms with Gasteiger partial charge in [-0.15, -0.1) is 0 Å². The van der Waals surface area contributed by atoms with Crippen LogP contribution in [0.4, 0.5) is 0 Å². The van der Waals surface area contributed by atoms with Crippen LogP contribution in [0.2, 0.25) is 0 Å². The predicted molar refractivity (Wildman–Crippen MR) is 151 cm³/mol. The lowest BCUT2D eigenvalue weighted by atomic mass is 9.98. The Morgan fingerprint density at radius 2 is 0.941 bits per heavy atom. The lowest BCUT2D eigenvalue weighted by Crippen LogP contribution is -2.08. The summed E-state index contributed by atoms with van der Waals surface area (Å²) in [7, 11) is 0. The summed E-state index contributed by atoms with van der Waals surface area (Å²) in [4.78, 5) is 11.9. The first-order valence-corrected chi connectivity index (χ1v) is 15.7. The summed E-state index contributed by atoms with van der Waals surface area (Å²) in [6.07, 6.45) is 31.8. The number of rotatable bonds is 27. The van der Waals surface area contributed by atoms with Crippen LogP contribution in [0.5, 0.6) is 0 Å². The van der Waals surface area contributed by atoms with Gasteiger partial charge in [0, 0.05) is 6.42 Å². The maximum Gasteiger partial charge on any atom is 0.305 e. The fourth-order valence-electron chi connectivity index (χ4n) is 4.81. The van der Waals surface area contributed by atoms with E-state index in [2.05, 4.69) is 27.7 Å². The standard InChI is InChI=1S/C32H64O2/c1-5-6-7-8-9-10-11-12-13-14-15-16-17-18-19-20-21-22-23-27-32(33)34-29-28-31(4)26-24-25-30(2)3/h30-31H,5-29H2,1-4H3. The first kappa shape index (κ1) is 33.5. The molecule has 0 aliphatic rings. The molecule has 0 saturated carbocycles. The second-order valence-electron chi connectivity index (χ2n) is 11.6. The van der Waals surface area contributed by atoms with E-state index in [1.807, 2.05) is 0 Å². The van der Waals surface area contributed by atoms with Gasteiger partial charge >= 0.3 is 5.97 Å². The predicted octanol–water partition coefficient (Wildman–Crippen LogP) is 11.2. The molecule has 2 nitrogen and oxygen atoms in total. The first-order chi connectivity index (χ1) is 16.6. The van der Waals surface area contributed by atoms with Gasteiger partial charge in [0.25, 0.3) is 0 Å². The molecule has 0 aromatic rings. The highest BCUT2D eigenvalue weighted by molar-refractivity contribution is 5.69. The van der Waals surface area contributed by atoms with E-state index in [1.54, 1.807) is 0 Å². The Kier molecular flexibility index (Phi) is 26.6. The van der Waals surface area contributed by atoms with Crippen LogP contribution >= 0.6 is 0 Å². The zero-order valence-corrected chi connectivity index (χ0v) is 24.1. The van der Waals surface area contributed by atoms with Crippen molar-refractivity contribution in [3.63, 3.8) is 0 Å². The van der Waals surface area contributed by atoms with Crippen LogP contribution in [0.15, 0.2) is 0 Å². The molecule has 204 valence electrons. The maximum atomic E-state index is 11.9. The Hall–Kier alpha value is -0.530. The molecule has 0 fully saturated rings. The number of carbonyl (C=O) groups excluding carboxylic acids is 1. The number of carbonyl (C=O) groups is 1. The van der Waals surface area contributed by atoms with Gasteiger partial charge in [0.15, 0.2) is 0 Å². The normalized spacial score (nSPS) is 12.4. The van der Waals surface area contributed by atoms with Crippen LogP contribution in [0.1, 0.15) is 182 Å². The molecular formula is C32H64O2. The molecule has 1 atom stereocenters. The summed E-state index contributed by atoms with van der Waals surface area (Å²) in [6, 6.07) is 0. The molecule has 0 heterocycles. The summed E-state index contributed by atoms with van der Waals surface area (Å²) in [6.45, 7) is 9.76. The summed E-state index contributed by atoms with van der Waals surface area (Å²) >= 11 is 0. The molecule has 0 spiro atoms. The van der Waals surface area contributed by atoms with Crippen molar-refractivity contribution in [3.8, 4) is 0 Å². The molecule has 2 heteroatoms. The second kappa shape index (κ2) is 27.1. The summed E-state index contributed by atoms with van der Waals surface area (Å²) in [5.41, 5.74) is 0. The molecule has 0 bridgehead atoms. The zero-order chi connectivity index (χ0) is 25.1. The topological polar surface area (TPSA) is 26.3 Å². The van der Waals surface area contributed by atoms with Crippen LogP contribution < -0.4 is 0 Å². The van der Waals surface area contributed by atoms with E-state index < -0.39 is 0 Å². The van der Waals surface area contributed by atoms with Gasteiger partial charge in [-0.05, 0) is 24.7 Å². The summed E-state index contributed by atoms with van der Waals surface area (Å²) in [5, 5.41) is 0. The van der Waals surface area contributed by atoms with Gasteiger partial charge in [0.05, 0.1) is 6.61 Å². The third kappa shape index (κ3) is 27.7. The van der Waals surface area contributed by atoms with Crippen molar-refractivity contribution in [2.24, 2.45) is 11.8 Å². The highest BCUT2D eigenvalue weighted by atomic mass is 16.5. The molecule has 0 saturated heterocycles. The summed E-state index contributed by atoms with van der Waals surface area (Å²) < 4.78 is 5.44. The average Bonchev–Trinajstić information content (AvgIpc) is 2.80. The zero-order valence-electron chi connectivity index (χ0n) is 24.1. The molecule has 0 N–H and O–H groups in total. The van der Waals surface area contributed by atoms with E-state index in [0.29, 0.717) is 18.9 Å². The SMILES string of the molecule is CCCCCCCCCCCCCCCCCCCCCC(=O)OCCC(C)CCCC(C)C. The molecule has 34 heavy (non-hydrogen) atoms. The van der Waals surface area contributed by atoms with Gasteiger partial charge in [-0.25, -0.2) is 0 Å². The minimum absolute atomic E-state index is 0.0151. The van der Waals surface area contributed by atoms with Crippen molar-refractivity contribution in [1.82, 2.24) is 0 Å². The number of hydrogen-bond acceptors (Lipinski definition) is 2. The molecular weight excluding hydrogens is 416 g/mol. The van der Waals surface area contributed by atoms with E-state index in [0.717, 1.165) is 18.8 Å². The molecule has 0 aromatic carbocycles. The van der Waals surface area contributed by atoms with Crippen LogP contribution in [0, 0.1) is 11.8 Å². The maximum absolute atomic E-state index is 11.9. The minimum atomic E-state index is 0.0151. The Morgan fingerprint density at radius 1 is 0.529 bits per heavy atom. The summed E-state index contributed by atoms with van der Waals surface area (Å²) in [5.74, 6) is 1.48. The van der Waals surface area contributed by atoms with Crippen molar-refractivity contribution < 1.29 is 9.53 Å². The number of hydrogen-bond donors (Lipinski definition) is 0. The molecule has 0 aliphatic carbocycles. The Morgan fingerprint density at radius 3 is 1.35 bits per heavy atom. The van der Waals surface area contributed by atoms with E-state index in [4.69, 9.17) is 4.74 Å². The Balaban J connectivity index is 3.21. The number of esters is 1. The monoisotopic (exact) mass is 480 g/mol. The van der Waals surface area contributed by atoms with Gasteiger partial charge in [0.1, 0.15) is 0 Å². The smallest absolute Gasteiger partial charge is 0.305 e. The molecule has 0 aromatic heterocycles. The Labute approximate surface area is 215 Å². The minimum Gasteiger partial charge on any atom is -0.466 e. The van der Waals surface area contributed by atoms with Crippen molar-refractivity contribution in [3.05, 3.63) is 0 Å². The van der Waals surface area contributed by atoms with Crippen LogP contribution in [0.25, 0.3) is 0 Å². The highest BCUT2D eigenvalue weighted by Crippen LogP contribution is 2.16. The molecule has 0 radical (unpaired) electrons. The van der Waals surface area contributed by atoms with Gasteiger partial charge < -0.3 is 4.74 Å². The highest BCUT2D eigenvalue weighted by Gasteiger charge is 2.07. The van der Waals surface area contributed by atoms with Gasteiger partial charge in [-0.3, -0.25) is 4.79 Å². The van der Waals surface area contributed by atoms with Gasteiger partial charge in [-0.1, -0.05) is 163 Å². The lowest BCUT2D eigenvalue weighted by molar-refractivity contribution is -0.144. The van der Waals surface area contributed by atoms with Crippen LogP contribution in [-0.4, -0.2) is 12.6 Å². The van der Waals surface area contributed by atoms with Crippen LogP contribution in [0.3, 0.4) is 0 Å². The van der Waals surface area contributed by atoms with Gasteiger partial charge in [0.2, 0.25) is 0 Å². The van der Waals surface area contributed by atoms with E-state index in [9.17, 15) is 4.79 Å². The van der Waals surface area contributed by atoms with E-state index in [1.165, 1.54) is 135 Å². The number of unbranched alkanes of at least 4 members (excludes halogenated alkanes) is 18. The third-order valence-corrected chi connectivity index (χ3v) is 7.34. The van der Waals surface area contributed by atoms with Gasteiger partial charge in [-0.2, -0.15) is 0 Å². The average molecular weight is 481 g/mol. The Bertz CT molecular complexity index is 404. The van der Waals surface area contributed by atoms with E-state index >= 15 is 0 Å². The lowest BCUT2D eigenvalue weighted by Gasteiger charge is -2.12. The largest absolute Gasteiger partial charge is 0.466 e. The van der Waals surface area contributed by atoms with Crippen molar-refractivity contribution >= 4 is 5.97 Å². The second-order valence-corrected chi connectivity index (χ2v) is 11.6. The van der Waals surface area contributed by atoms with E-state index in [-0.39, 0.29) is 5.97 Å². The van der Waals surface area contributed by atoms with Crippen molar-refractivity contribution in [1.29, 1.82) is 0 Å². The fourth-order valence-corrected chi connectivity index (χ4v) is 4.81. The quantitative estimate of drug-likeness (QED) is 0.0862. The van der Waals surface area contributed by atoms with Crippen molar-refractivity contribution in [2.75, 3.05) is 6.61 Å². The molecule has 0 aliphatic heterocycles. The number of ether oxygens (including phenoxy) is 1. The fraction of sp³-hybridized carbons (Fsp3) is 0.969. The van der Waals surface area contributed by atoms with Crippen LogP contribution in [-0.2, 0) is 9.53 Å². The van der Waals surface area contributed by atoms with Crippen molar-refractivity contribution in [2.45, 2.75) is 182 Å². The molecule has 0 amide bonds. The third-order valence-electron chi connectivity index (χ3n) is 7.34.